The van der Waals surface area contributed by atoms with Crippen molar-refractivity contribution in [2.24, 2.45) is 0 Å². The minimum Gasteiger partial charge on any atom is -0.459 e. The van der Waals surface area contributed by atoms with Crippen LogP contribution in [-0.4, -0.2) is 38.5 Å². The first-order valence-corrected chi connectivity index (χ1v) is 7.57. The second kappa shape index (κ2) is 6.25. The summed E-state index contributed by atoms with van der Waals surface area (Å²) >= 11 is 0. The Morgan fingerprint density at radius 2 is 2.33 bits per heavy atom. The molecule has 3 aromatic heterocycles. The Balaban J connectivity index is 1.42. The average molecular weight is 325 g/mol. The van der Waals surface area contributed by atoms with Gasteiger partial charge >= 0.3 is 0 Å². The van der Waals surface area contributed by atoms with Crippen molar-refractivity contribution in [3.8, 4) is 11.3 Å². The number of aromatic nitrogens is 4. The molecule has 0 saturated heterocycles. The molecule has 122 valence electrons. The number of amides is 1. The molecular weight excluding hydrogens is 310 g/mol. The van der Waals surface area contributed by atoms with Gasteiger partial charge in [-0.05, 0) is 24.3 Å². The summed E-state index contributed by atoms with van der Waals surface area (Å²) in [6.45, 7) is 1.29. The van der Waals surface area contributed by atoms with Crippen molar-refractivity contribution < 1.29 is 13.9 Å². The zero-order valence-electron chi connectivity index (χ0n) is 12.8. The van der Waals surface area contributed by atoms with Gasteiger partial charge in [-0.3, -0.25) is 9.78 Å². The standard InChI is InChI=1S/C16H15N5O3/c22-16(14-4-2-6-23-14)18-8-12-9-21-13(10-24-12)15(19-20-21)11-3-1-5-17-7-11/h1-7,12H,8-10H2,(H,18,22)/t12-/m1/s1. The van der Waals surface area contributed by atoms with Crippen molar-refractivity contribution in [1.29, 1.82) is 0 Å². The first kappa shape index (κ1) is 14.6. The van der Waals surface area contributed by atoms with E-state index in [1.165, 1.54) is 6.26 Å². The summed E-state index contributed by atoms with van der Waals surface area (Å²) < 4.78 is 12.7. The van der Waals surface area contributed by atoms with Crippen LogP contribution in [0.25, 0.3) is 11.3 Å². The number of hydrogen-bond donors (Lipinski definition) is 1. The molecule has 1 aliphatic rings. The van der Waals surface area contributed by atoms with E-state index in [0.29, 0.717) is 19.7 Å². The van der Waals surface area contributed by atoms with Gasteiger partial charge in [0.1, 0.15) is 5.69 Å². The number of nitrogens with one attached hydrogen (secondary N) is 1. The van der Waals surface area contributed by atoms with Crippen LogP contribution in [0.2, 0.25) is 0 Å². The number of carbonyl (C=O) groups is 1. The lowest BCUT2D eigenvalue weighted by atomic mass is 10.1. The largest absolute Gasteiger partial charge is 0.459 e. The van der Waals surface area contributed by atoms with E-state index < -0.39 is 0 Å². The van der Waals surface area contributed by atoms with E-state index >= 15 is 0 Å². The molecule has 4 rings (SSSR count). The van der Waals surface area contributed by atoms with Gasteiger partial charge < -0.3 is 14.5 Å². The van der Waals surface area contributed by atoms with Crippen LogP contribution in [0.5, 0.6) is 0 Å². The SMILES string of the molecule is O=C(NC[C@@H]1Cn2nnc(-c3cccnc3)c2CO1)c1ccco1. The van der Waals surface area contributed by atoms with Crippen LogP contribution in [0.4, 0.5) is 0 Å². The number of fused-ring (bicyclic) bond motifs is 1. The molecule has 4 heterocycles. The fourth-order valence-electron chi connectivity index (χ4n) is 2.62. The van der Waals surface area contributed by atoms with E-state index in [2.05, 4.69) is 20.6 Å². The molecule has 1 N–H and O–H groups in total. The highest BCUT2D eigenvalue weighted by atomic mass is 16.5. The molecule has 0 fully saturated rings. The molecule has 0 unspecified atom stereocenters. The molecule has 0 aliphatic carbocycles. The first-order chi connectivity index (χ1) is 11.8. The molecule has 1 aliphatic heterocycles. The predicted molar refractivity (Wildman–Crippen MR) is 82.9 cm³/mol. The lowest BCUT2D eigenvalue weighted by Gasteiger charge is -2.24. The lowest BCUT2D eigenvalue weighted by molar-refractivity contribution is 0.00162. The fourth-order valence-corrected chi connectivity index (χ4v) is 2.62. The Morgan fingerprint density at radius 3 is 3.12 bits per heavy atom. The van der Waals surface area contributed by atoms with E-state index in [9.17, 15) is 4.79 Å². The number of hydrogen-bond acceptors (Lipinski definition) is 6. The molecule has 8 nitrogen and oxygen atoms in total. The highest BCUT2D eigenvalue weighted by Gasteiger charge is 2.25. The van der Waals surface area contributed by atoms with Gasteiger partial charge in [0.2, 0.25) is 0 Å². The monoisotopic (exact) mass is 325 g/mol. The number of furan rings is 1. The summed E-state index contributed by atoms with van der Waals surface area (Å²) in [6.07, 6.45) is 4.77. The third-order valence-corrected chi connectivity index (χ3v) is 3.84. The highest BCUT2D eigenvalue weighted by Crippen LogP contribution is 2.24. The molecule has 0 spiro atoms. The summed E-state index contributed by atoms with van der Waals surface area (Å²) in [4.78, 5) is 16.0. The fraction of sp³-hybridized carbons (Fsp3) is 0.250. The second-order valence-corrected chi connectivity index (χ2v) is 5.43. The Bertz CT molecular complexity index is 829. The summed E-state index contributed by atoms with van der Waals surface area (Å²) in [5.74, 6) is 0.0233. The van der Waals surface area contributed by atoms with Crippen molar-refractivity contribution >= 4 is 5.91 Å². The van der Waals surface area contributed by atoms with E-state index in [1.807, 2.05) is 16.8 Å². The normalized spacial score (nSPS) is 16.6. The molecule has 0 radical (unpaired) electrons. The Labute approximate surface area is 137 Å². The maximum absolute atomic E-state index is 11.9. The molecule has 1 amide bonds. The van der Waals surface area contributed by atoms with E-state index in [-0.39, 0.29) is 17.8 Å². The third-order valence-electron chi connectivity index (χ3n) is 3.84. The molecular formula is C16H15N5O3. The van der Waals surface area contributed by atoms with Gasteiger partial charge in [-0.15, -0.1) is 5.10 Å². The smallest absolute Gasteiger partial charge is 0.287 e. The van der Waals surface area contributed by atoms with Crippen molar-refractivity contribution in [3.63, 3.8) is 0 Å². The van der Waals surface area contributed by atoms with Crippen LogP contribution in [0.1, 0.15) is 16.2 Å². The van der Waals surface area contributed by atoms with Gasteiger partial charge in [0.25, 0.3) is 5.91 Å². The quantitative estimate of drug-likeness (QED) is 0.776. The average Bonchev–Trinajstić information content (AvgIpc) is 3.30. The molecule has 0 bridgehead atoms. The third kappa shape index (κ3) is 2.79. The van der Waals surface area contributed by atoms with E-state index in [1.54, 1.807) is 24.5 Å². The summed E-state index contributed by atoms with van der Waals surface area (Å²) in [5, 5.41) is 11.2. The van der Waals surface area contributed by atoms with Gasteiger partial charge in [0.05, 0.1) is 31.2 Å². The molecule has 8 heteroatoms. The molecule has 0 saturated carbocycles. The number of pyridine rings is 1. The zero-order chi connectivity index (χ0) is 16.4. The number of ether oxygens (including phenoxy) is 1. The van der Waals surface area contributed by atoms with Crippen LogP contribution >= 0.6 is 0 Å². The van der Waals surface area contributed by atoms with Gasteiger partial charge in [0.15, 0.2) is 5.76 Å². The second-order valence-electron chi connectivity index (χ2n) is 5.43. The summed E-state index contributed by atoms with van der Waals surface area (Å²) in [5.41, 5.74) is 2.60. The number of rotatable bonds is 4. The summed E-state index contributed by atoms with van der Waals surface area (Å²) in [7, 11) is 0. The maximum Gasteiger partial charge on any atom is 0.287 e. The first-order valence-electron chi connectivity index (χ1n) is 7.57. The number of nitrogens with zero attached hydrogens (tertiary/aromatic N) is 4. The van der Waals surface area contributed by atoms with Crippen LogP contribution in [0.15, 0.2) is 47.3 Å². The van der Waals surface area contributed by atoms with Gasteiger partial charge in [-0.25, -0.2) is 4.68 Å². The number of carbonyl (C=O) groups excluding carboxylic acids is 1. The highest BCUT2D eigenvalue weighted by molar-refractivity contribution is 5.91. The molecule has 0 aromatic carbocycles. The molecule has 3 aromatic rings. The van der Waals surface area contributed by atoms with Crippen molar-refractivity contribution in [2.75, 3.05) is 6.54 Å². The van der Waals surface area contributed by atoms with Crippen LogP contribution in [0, 0.1) is 0 Å². The summed E-state index contributed by atoms with van der Waals surface area (Å²) in [6, 6.07) is 7.09. The van der Waals surface area contributed by atoms with Crippen LogP contribution < -0.4 is 5.32 Å². The Morgan fingerprint density at radius 1 is 1.38 bits per heavy atom. The Kier molecular flexibility index (Phi) is 3.80. The van der Waals surface area contributed by atoms with Crippen LogP contribution in [0.3, 0.4) is 0 Å². The molecule has 24 heavy (non-hydrogen) atoms. The maximum atomic E-state index is 11.9. The van der Waals surface area contributed by atoms with Crippen molar-refractivity contribution in [1.82, 2.24) is 25.3 Å². The van der Waals surface area contributed by atoms with Gasteiger partial charge in [0, 0.05) is 24.5 Å². The van der Waals surface area contributed by atoms with Crippen LogP contribution in [-0.2, 0) is 17.9 Å². The van der Waals surface area contributed by atoms with E-state index in [4.69, 9.17) is 9.15 Å². The minimum absolute atomic E-state index is 0.167. The topological polar surface area (TPSA) is 95.1 Å². The predicted octanol–water partition coefficient (Wildman–Crippen LogP) is 1.26. The van der Waals surface area contributed by atoms with Gasteiger partial charge in [-0.2, -0.15) is 0 Å². The minimum atomic E-state index is -0.260. The lowest BCUT2D eigenvalue weighted by Crippen LogP contribution is -2.39. The molecule has 1 atom stereocenters. The van der Waals surface area contributed by atoms with Gasteiger partial charge in [-0.1, -0.05) is 5.21 Å². The van der Waals surface area contributed by atoms with Crippen molar-refractivity contribution in [2.45, 2.75) is 19.3 Å². The zero-order valence-corrected chi connectivity index (χ0v) is 12.8. The van der Waals surface area contributed by atoms with E-state index in [0.717, 1.165) is 17.0 Å². The Hall–Kier alpha value is -3.00. The van der Waals surface area contributed by atoms with Crippen molar-refractivity contribution in [3.05, 3.63) is 54.4 Å².